The molecule has 96 valence electrons. The average Bonchev–Trinajstić information content (AvgIpc) is 2.40. The smallest absolute Gasteiger partial charge is 0.337 e. The van der Waals surface area contributed by atoms with E-state index in [1.165, 1.54) is 18.7 Å². The third kappa shape index (κ3) is 3.06. The summed E-state index contributed by atoms with van der Waals surface area (Å²) in [6.45, 7) is 1.65. The van der Waals surface area contributed by atoms with Gasteiger partial charge in [-0.15, -0.1) is 0 Å². The van der Waals surface area contributed by atoms with Gasteiger partial charge >= 0.3 is 5.97 Å². The van der Waals surface area contributed by atoms with E-state index in [9.17, 15) is 9.59 Å². The topological polar surface area (TPSA) is 70.5 Å². The molecule has 1 amide bonds. The van der Waals surface area contributed by atoms with Crippen LogP contribution >= 0.6 is 0 Å². The van der Waals surface area contributed by atoms with Crippen LogP contribution in [0.1, 0.15) is 35.3 Å². The molecular formula is C13H16N2O3. The lowest BCUT2D eigenvalue weighted by atomic mass is 10.1. The highest BCUT2D eigenvalue weighted by Gasteiger charge is 2.17. The number of likely N-dealkylation sites (tertiary alicyclic amines) is 1. The van der Waals surface area contributed by atoms with Crippen LogP contribution in [0.3, 0.4) is 0 Å². The number of aromatic carboxylic acids is 1. The number of rotatable bonds is 3. The molecule has 0 aliphatic carbocycles. The van der Waals surface area contributed by atoms with Gasteiger partial charge in [0.15, 0.2) is 0 Å². The van der Waals surface area contributed by atoms with Gasteiger partial charge < -0.3 is 10.0 Å². The molecule has 0 bridgehead atoms. The number of piperidine rings is 1. The molecule has 0 saturated carbocycles. The lowest BCUT2D eigenvalue weighted by molar-refractivity contribution is -0.131. The summed E-state index contributed by atoms with van der Waals surface area (Å²) in [7, 11) is 0. The number of carboxylic acids is 1. The number of carbonyl (C=O) groups is 2. The fraction of sp³-hybridized carbons (Fsp3) is 0.462. The van der Waals surface area contributed by atoms with Crippen LogP contribution in [0.2, 0.25) is 0 Å². The molecule has 1 N–H and O–H groups in total. The second-order valence-electron chi connectivity index (χ2n) is 4.46. The highest BCUT2D eigenvalue weighted by Crippen LogP contribution is 2.10. The van der Waals surface area contributed by atoms with E-state index in [4.69, 9.17) is 5.11 Å². The third-order valence-electron chi connectivity index (χ3n) is 3.11. The first-order chi connectivity index (χ1) is 8.66. The molecular weight excluding hydrogens is 232 g/mol. The van der Waals surface area contributed by atoms with E-state index < -0.39 is 5.97 Å². The van der Waals surface area contributed by atoms with E-state index in [2.05, 4.69) is 4.98 Å². The molecule has 1 aliphatic heterocycles. The van der Waals surface area contributed by atoms with Crippen LogP contribution in [-0.2, 0) is 11.2 Å². The standard InChI is InChI=1S/C13H16N2O3/c16-12(15-6-2-1-3-7-15)8-11-5-4-10(9-14-11)13(17)18/h4-5,9H,1-3,6-8H2,(H,17,18). The normalized spacial score (nSPS) is 15.4. The first kappa shape index (κ1) is 12.5. The van der Waals surface area contributed by atoms with Gasteiger partial charge in [-0.1, -0.05) is 0 Å². The Balaban J connectivity index is 1.96. The number of amides is 1. The van der Waals surface area contributed by atoms with Crippen LogP contribution in [0.4, 0.5) is 0 Å². The maximum absolute atomic E-state index is 12.0. The van der Waals surface area contributed by atoms with E-state index in [0.717, 1.165) is 25.9 Å². The summed E-state index contributed by atoms with van der Waals surface area (Å²) in [6.07, 6.45) is 4.87. The highest BCUT2D eigenvalue weighted by molar-refractivity contribution is 5.87. The third-order valence-corrected chi connectivity index (χ3v) is 3.11. The molecule has 5 nitrogen and oxygen atoms in total. The maximum atomic E-state index is 12.0. The first-order valence-electron chi connectivity index (χ1n) is 6.13. The monoisotopic (exact) mass is 248 g/mol. The van der Waals surface area contributed by atoms with Gasteiger partial charge in [-0.3, -0.25) is 9.78 Å². The van der Waals surface area contributed by atoms with Gasteiger partial charge in [-0.2, -0.15) is 0 Å². The van der Waals surface area contributed by atoms with Gasteiger partial charge in [-0.25, -0.2) is 4.79 Å². The minimum Gasteiger partial charge on any atom is -0.478 e. The zero-order chi connectivity index (χ0) is 13.0. The van der Waals surface area contributed by atoms with Gasteiger partial charge in [-0.05, 0) is 31.4 Å². The van der Waals surface area contributed by atoms with E-state index in [1.54, 1.807) is 6.07 Å². The molecule has 2 heterocycles. The van der Waals surface area contributed by atoms with Crippen molar-refractivity contribution in [3.05, 3.63) is 29.6 Å². The Kier molecular flexibility index (Phi) is 3.92. The Morgan fingerprint density at radius 3 is 2.50 bits per heavy atom. The van der Waals surface area contributed by atoms with Crippen molar-refractivity contribution in [2.75, 3.05) is 13.1 Å². The van der Waals surface area contributed by atoms with Crippen molar-refractivity contribution in [3.8, 4) is 0 Å². The predicted molar refractivity (Wildman–Crippen MR) is 65.3 cm³/mol. The summed E-state index contributed by atoms with van der Waals surface area (Å²) in [5.41, 5.74) is 0.764. The van der Waals surface area contributed by atoms with Crippen molar-refractivity contribution in [2.24, 2.45) is 0 Å². The fourth-order valence-electron chi connectivity index (χ4n) is 2.07. The number of carbonyl (C=O) groups excluding carboxylic acids is 1. The van der Waals surface area contributed by atoms with E-state index in [1.807, 2.05) is 4.90 Å². The lowest BCUT2D eigenvalue weighted by Gasteiger charge is -2.26. The summed E-state index contributed by atoms with van der Waals surface area (Å²) in [6, 6.07) is 3.08. The number of pyridine rings is 1. The molecule has 1 aromatic rings. The van der Waals surface area contributed by atoms with Crippen molar-refractivity contribution in [1.82, 2.24) is 9.88 Å². The summed E-state index contributed by atoms with van der Waals surface area (Å²) in [4.78, 5) is 28.5. The van der Waals surface area contributed by atoms with Crippen LogP contribution < -0.4 is 0 Å². The molecule has 1 fully saturated rings. The fourth-order valence-corrected chi connectivity index (χ4v) is 2.07. The Morgan fingerprint density at radius 2 is 1.94 bits per heavy atom. The zero-order valence-corrected chi connectivity index (χ0v) is 10.1. The number of carboxylic acid groups (broad SMARTS) is 1. The summed E-state index contributed by atoms with van der Waals surface area (Å²) in [5.74, 6) is -0.929. The van der Waals surface area contributed by atoms with Gasteiger partial charge in [0.25, 0.3) is 0 Å². The second kappa shape index (κ2) is 5.62. The minimum absolute atomic E-state index is 0.0743. The van der Waals surface area contributed by atoms with Crippen molar-refractivity contribution in [2.45, 2.75) is 25.7 Å². The SMILES string of the molecule is O=C(O)c1ccc(CC(=O)N2CCCCC2)nc1. The molecule has 18 heavy (non-hydrogen) atoms. The molecule has 0 radical (unpaired) electrons. The van der Waals surface area contributed by atoms with E-state index in [-0.39, 0.29) is 17.9 Å². The molecule has 5 heteroatoms. The molecule has 0 spiro atoms. The lowest BCUT2D eigenvalue weighted by Crippen LogP contribution is -2.36. The van der Waals surface area contributed by atoms with Gasteiger partial charge in [0.05, 0.1) is 12.0 Å². The number of aromatic nitrogens is 1. The summed E-state index contributed by atoms with van der Waals surface area (Å²) in [5, 5.41) is 8.75. The molecule has 1 aromatic heterocycles. The minimum atomic E-state index is -1.00. The van der Waals surface area contributed by atoms with Crippen molar-refractivity contribution < 1.29 is 14.7 Å². The Bertz CT molecular complexity index is 436. The van der Waals surface area contributed by atoms with Crippen LogP contribution in [0, 0.1) is 0 Å². The molecule has 0 atom stereocenters. The Hall–Kier alpha value is -1.91. The quantitative estimate of drug-likeness (QED) is 0.876. The molecule has 1 aliphatic rings. The van der Waals surface area contributed by atoms with Gasteiger partial charge in [0, 0.05) is 25.0 Å². The molecule has 2 rings (SSSR count). The Morgan fingerprint density at radius 1 is 1.22 bits per heavy atom. The summed E-state index contributed by atoms with van der Waals surface area (Å²) < 4.78 is 0. The van der Waals surface area contributed by atoms with Gasteiger partial charge in [0.1, 0.15) is 0 Å². The van der Waals surface area contributed by atoms with Crippen LogP contribution in [0.25, 0.3) is 0 Å². The highest BCUT2D eigenvalue weighted by atomic mass is 16.4. The number of nitrogens with zero attached hydrogens (tertiary/aromatic N) is 2. The van der Waals surface area contributed by atoms with Gasteiger partial charge in [0.2, 0.25) is 5.91 Å². The Labute approximate surface area is 105 Å². The molecule has 0 unspecified atom stereocenters. The maximum Gasteiger partial charge on any atom is 0.337 e. The van der Waals surface area contributed by atoms with Crippen LogP contribution in [0.15, 0.2) is 18.3 Å². The number of hydrogen-bond donors (Lipinski definition) is 1. The first-order valence-corrected chi connectivity index (χ1v) is 6.13. The predicted octanol–water partition coefficient (Wildman–Crippen LogP) is 1.33. The second-order valence-corrected chi connectivity index (χ2v) is 4.46. The van der Waals surface area contributed by atoms with Crippen LogP contribution in [0.5, 0.6) is 0 Å². The van der Waals surface area contributed by atoms with Crippen molar-refractivity contribution in [3.63, 3.8) is 0 Å². The van der Waals surface area contributed by atoms with Crippen LogP contribution in [-0.4, -0.2) is 40.0 Å². The summed E-state index contributed by atoms with van der Waals surface area (Å²) >= 11 is 0. The van der Waals surface area contributed by atoms with Crippen molar-refractivity contribution in [1.29, 1.82) is 0 Å². The molecule has 0 aromatic carbocycles. The average molecular weight is 248 g/mol. The van der Waals surface area contributed by atoms with E-state index in [0.29, 0.717) is 5.69 Å². The number of hydrogen-bond acceptors (Lipinski definition) is 3. The van der Waals surface area contributed by atoms with Crippen molar-refractivity contribution >= 4 is 11.9 Å². The van der Waals surface area contributed by atoms with E-state index >= 15 is 0 Å². The zero-order valence-electron chi connectivity index (χ0n) is 10.1. The molecule has 1 saturated heterocycles. The largest absolute Gasteiger partial charge is 0.478 e.